The number of benzene rings is 1. The summed E-state index contributed by atoms with van der Waals surface area (Å²) in [5.74, 6) is -1.11. The second kappa shape index (κ2) is 6.81. The second-order valence-electron chi connectivity index (χ2n) is 7.03. The van der Waals surface area contributed by atoms with E-state index in [-0.39, 0.29) is 18.4 Å². The van der Waals surface area contributed by atoms with Gasteiger partial charge in [-0.25, -0.2) is 14.6 Å². The number of carbonyl (C=O) groups excluding carboxylic acids is 2. The van der Waals surface area contributed by atoms with Gasteiger partial charge in [-0.1, -0.05) is 30.3 Å². The number of carbonyl (C=O) groups is 2. The van der Waals surface area contributed by atoms with Crippen molar-refractivity contribution in [2.24, 2.45) is 0 Å². The number of methoxy groups -OCH3 is 1. The number of rotatable bonds is 5. The lowest BCUT2D eigenvalue weighted by molar-refractivity contribution is -0.172. The minimum Gasteiger partial charge on any atom is -0.466 e. The third-order valence-corrected chi connectivity index (χ3v) is 5.49. The fraction of sp³-hybridized carbons (Fsp3) is 0.450. The molecule has 1 aromatic carbocycles. The molecule has 0 N–H and O–H groups in total. The SMILES string of the molecule is COC(=O)C1(OC(=O)c2cncn2C2(c3ccccc3)CC2)CCOCC1. The Balaban J connectivity index is 1.63. The Labute approximate surface area is 157 Å². The molecule has 1 aromatic heterocycles. The molecule has 0 radical (unpaired) electrons. The summed E-state index contributed by atoms with van der Waals surface area (Å²) in [6.07, 6.45) is 5.56. The first kappa shape index (κ1) is 17.7. The molecule has 0 atom stereocenters. The fourth-order valence-corrected chi connectivity index (χ4v) is 3.79. The van der Waals surface area contributed by atoms with Crippen LogP contribution in [0.1, 0.15) is 41.7 Å². The van der Waals surface area contributed by atoms with Crippen LogP contribution in [0, 0.1) is 0 Å². The summed E-state index contributed by atoms with van der Waals surface area (Å²) < 4.78 is 17.8. The monoisotopic (exact) mass is 370 g/mol. The maximum absolute atomic E-state index is 13.0. The van der Waals surface area contributed by atoms with Crippen molar-refractivity contribution >= 4 is 11.9 Å². The Morgan fingerprint density at radius 3 is 2.44 bits per heavy atom. The average Bonchev–Trinajstić information content (AvgIpc) is 3.37. The van der Waals surface area contributed by atoms with Gasteiger partial charge in [-0.05, 0) is 18.4 Å². The zero-order chi connectivity index (χ0) is 18.9. The van der Waals surface area contributed by atoms with Crippen LogP contribution >= 0.6 is 0 Å². The van der Waals surface area contributed by atoms with E-state index >= 15 is 0 Å². The molecule has 0 bridgehead atoms. The molecule has 4 rings (SSSR count). The summed E-state index contributed by atoms with van der Waals surface area (Å²) in [7, 11) is 1.30. The highest BCUT2D eigenvalue weighted by Gasteiger charge is 2.50. The fourth-order valence-electron chi connectivity index (χ4n) is 3.79. The second-order valence-corrected chi connectivity index (χ2v) is 7.03. The van der Waals surface area contributed by atoms with Gasteiger partial charge in [-0.2, -0.15) is 0 Å². The minimum absolute atomic E-state index is 0.278. The predicted octanol–water partition coefficient (Wildman–Crippen LogP) is 2.30. The molecule has 142 valence electrons. The summed E-state index contributed by atoms with van der Waals surface area (Å²) in [6.45, 7) is 0.686. The number of hydrogen-bond acceptors (Lipinski definition) is 6. The van der Waals surface area contributed by atoms with Gasteiger partial charge in [-0.15, -0.1) is 0 Å². The number of ether oxygens (including phenoxy) is 3. The zero-order valence-electron chi connectivity index (χ0n) is 15.2. The molecule has 7 nitrogen and oxygen atoms in total. The van der Waals surface area contributed by atoms with Crippen molar-refractivity contribution in [3.8, 4) is 0 Å². The van der Waals surface area contributed by atoms with E-state index in [1.54, 1.807) is 6.33 Å². The third kappa shape index (κ3) is 3.02. The van der Waals surface area contributed by atoms with Crippen molar-refractivity contribution in [1.29, 1.82) is 0 Å². The largest absolute Gasteiger partial charge is 0.466 e. The Bertz CT molecular complexity index is 835. The molecule has 2 fully saturated rings. The van der Waals surface area contributed by atoms with Gasteiger partial charge in [0, 0.05) is 12.8 Å². The first-order chi connectivity index (χ1) is 13.1. The summed E-state index contributed by atoms with van der Waals surface area (Å²) in [5.41, 5.74) is -0.111. The summed E-state index contributed by atoms with van der Waals surface area (Å²) in [6, 6.07) is 10.0. The van der Waals surface area contributed by atoms with Gasteiger partial charge in [0.15, 0.2) is 0 Å². The molecule has 1 saturated heterocycles. The molecule has 7 heteroatoms. The number of imidazole rings is 1. The van der Waals surface area contributed by atoms with Crippen molar-refractivity contribution in [3.05, 3.63) is 54.1 Å². The van der Waals surface area contributed by atoms with Crippen LogP contribution in [0.3, 0.4) is 0 Å². The highest BCUT2D eigenvalue weighted by Crippen LogP contribution is 2.50. The van der Waals surface area contributed by atoms with E-state index in [0.29, 0.717) is 18.9 Å². The quantitative estimate of drug-likeness (QED) is 0.752. The van der Waals surface area contributed by atoms with E-state index in [9.17, 15) is 9.59 Å². The first-order valence-electron chi connectivity index (χ1n) is 9.09. The molecule has 1 saturated carbocycles. The minimum atomic E-state index is -1.30. The normalized spacial score (nSPS) is 19.9. The molecule has 0 unspecified atom stereocenters. The van der Waals surface area contributed by atoms with Crippen LogP contribution in [0.2, 0.25) is 0 Å². The van der Waals surface area contributed by atoms with Crippen molar-refractivity contribution < 1.29 is 23.8 Å². The molecular weight excluding hydrogens is 348 g/mol. The van der Waals surface area contributed by atoms with E-state index in [1.165, 1.54) is 13.3 Å². The first-order valence-corrected chi connectivity index (χ1v) is 9.09. The Hall–Kier alpha value is -2.67. The van der Waals surface area contributed by atoms with E-state index in [2.05, 4.69) is 17.1 Å². The Morgan fingerprint density at radius 2 is 1.81 bits per heavy atom. The smallest absolute Gasteiger partial charge is 0.357 e. The van der Waals surface area contributed by atoms with Crippen LogP contribution in [-0.2, 0) is 24.5 Å². The van der Waals surface area contributed by atoms with Crippen LogP contribution in [0.25, 0.3) is 0 Å². The highest BCUT2D eigenvalue weighted by molar-refractivity contribution is 5.91. The molecule has 1 aliphatic heterocycles. The summed E-state index contributed by atoms with van der Waals surface area (Å²) in [5, 5.41) is 0. The Morgan fingerprint density at radius 1 is 1.11 bits per heavy atom. The van der Waals surface area contributed by atoms with Crippen molar-refractivity contribution in [2.45, 2.75) is 36.8 Å². The lowest BCUT2D eigenvalue weighted by atomic mass is 9.94. The lowest BCUT2D eigenvalue weighted by Crippen LogP contribution is -2.48. The number of esters is 2. The van der Waals surface area contributed by atoms with Crippen LogP contribution in [-0.4, -0.2) is 47.4 Å². The Kier molecular flexibility index (Phi) is 4.47. The van der Waals surface area contributed by atoms with Gasteiger partial charge in [-0.3, -0.25) is 0 Å². The summed E-state index contributed by atoms with van der Waals surface area (Å²) >= 11 is 0. The molecule has 2 aliphatic rings. The van der Waals surface area contributed by atoms with Gasteiger partial charge in [0.05, 0.1) is 38.4 Å². The van der Waals surface area contributed by atoms with Crippen molar-refractivity contribution in [2.75, 3.05) is 20.3 Å². The standard InChI is InChI=1S/C20H22N2O5/c1-25-18(24)20(9-11-26-12-10-20)27-17(23)16-13-21-14-22(16)19(7-8-19)15-5-3-2-4-6-15/h2-6,13-14H,7-12H2,1H3. The number of hydrogen-bond donors (Lipinski definition) is 0. The van der Waals surface area contributed by atoms with Crippen LogP contribution in [0.5, 0.6) is 0 Å². The van der Waals surface area contributed by atoms with E-state index in [0.717, 1.165) is 18.4 Å². The molecule has 1 aliphatic carbocycles. The predicted molar refractivity (Wildman–Crippen MR) is 95.2 cm³/mol. The topological polar surface area (TPSA) is 79.7 Å². The lowest BCUT2D eigenvalue weighted by Gasteiger charge is -2.34. The maximum atomic E-state index is 13.0. The highest BCUT2D eigenvalue weighted by atomic mass is 16.6. The third-order valence-electron chi connectivity index (χ3n) is 5.49. The van der Waals surface area contributed by atoms with E-state index in [4.69, 9.17) is 14.2 Å². The molecule has 27 heavy (non-hydrogen) atoms. The molecular formula is C20H22N2O5. The van der Waals surface area contributed by atoms with Gasteiger partial charge in [0.1, 0.15) is 5.69 Å². The van der Waals surface area contributed by atoms with Crippen LogP contribution in [0.15, 0.2) is 42.9 Å². The van der Waals surface area contributed by atoms with Crippen molar-refractivity contribution in [3.63, 3.8) is 0 Å². The van der Waals surface area contributed by atoms with Crippen molar-refractivity contribution in [1.82, 2.24) is 9.55 Å². The summed E-state index contributed by atoms with van der Waals surface area (Å²) in [4.78, 5) is 29.5. The van der Waals surface area contributed by atoms with Gasteiger partial charge < -0.3 is 18.8 Å². The zero-order valence-corrected chi connectivity index (χ0v) is 15.2. The van der Waals surface area contributed by atoms with Crippen LogP contribution in [0.4, 0.5) is 0 Å². The van der Waals surface area contributed by atoms with Gasteiger partial charge in [0.2, 0.25) is 5.60 Å². The molecule has 2 aromatic rings. The van der Waals surface area contributed by atoms with Gasteiger partial charge >= 0.3 is 11.9 Å². The van der Waals surface area contributed by atoms with Gasteiger partial charge in [0.25, 0.3) is 0 Å². The number of aromatic nitrogens is 2. The maximum Gasteiger partial charge on any atom is 0.357 e. The van der Waals surface area contributed by atoms with E-state index in [1.807, 2.05) is 22.8 Å². The molecule has 0 spiro atoms. The average molecular weight is 370 g/mol. The van der Waals surface area contributed by atoms with E-state index < -0.39 is 17.5 Å². The van der Waals surface area contributed by atoms with Crippen LogP contribution < -0.4 is 0 Å². The molecule has 0 amide bonds. The molecule has 2 heterocycles. The number of nitrogens with zero attached hydrogens (tertiary/aromatic N) is 2.